The highest BCUT2D eigenvalue weighted by molar-refractivity contribution is 4.55. The fourth-order valence-corrected chi connectivity index (χ4v) is 0.890. The van der Waals surface area contributed by atoms with Crippen LogP contribution in [0.25, 0.3) is 0 Å². The van der Waals surface area contributed by atoms with E-state index in [1.54, 1.807) is 0 Å². The van der Waals surface area contributed by atoms with Crippen molar-refractivity contribution in [1.82, 2.24) is 10.4 Å². The minimum atomic E-state index is 0.625. The van der Waals surface area contributed by atoms with Crippen molar-refractivity contribution in [1.29, 1.82) is 0 Å². The van der Waals surface area contributed by atoms with E-state index < -0.39 is 0 Å². The maximum atomic E-state index is 8.50. The van der Waals surface area contributed by atoms with Gasteiger partial charge in [0.2, 0.25) is 0 Å². The van der Waals surface area contributed by atoms with E-state index in [-0.39, 0.29) is 0 Å². The van der Waals surface area contributed by atoms with E-state index >= 15 is 0 Å². The zero-order valence-corrected chi connectivity index (χ0v) is 9.96. The Morgan fingerprint density at radius 2 is 1.31 bits per heavy atom. The number of nitrogens with zero attached hydrogens (tertiary/aromatic N) is 1. The van der Waals surface area contributed by atoms with Crippen molar-refractivity contribution in [3.63, 3.8) is 0 Å². The van der Waals surface area contributed by atoms with Crippen LogP contribution in [-0.2, 0) is 0 Å². The third-order valence-corrected chi connectivity index (χ3v) is 1.40. The van der Waals surface area contributed by atoms with E-state index in [1.807, 2.05) is 13.8 Å². The first-order valence-electron chi connectivity index (χ1n) is 5.13. The van der Waals surface area contributed by atoms with Crippen molar-refractivity contribution in [3.8, 4) is 0 Å². The SMILES string of the molecule is CC(C)NC(C)C.CCN(O)CC. The summed E-state index contributed by atoms with van der Waals surface area (Å²) in [5, 5.41) is 13.1. The van der Waals surface area contributed by atoms with Crippen LogP contribution >= 0.6 is 0 Å². The van der Waals surface area contributed by atoms with Crippen LogP contribution in [0.15, 0.2) is 0 Å². The Labute approximate surface area is 83.1 Å². The molecular formula is C10H26N2O. The smallest absolute Gasteiger partial charge is 0.0209 e. The number of hydrogen-bond donors (Lipinski definition) is 2. The summed E-state index contributed by atoms with van der Waals surface area (Å²) in [6, 6.07) is 1.25. The van der Waals surface area contributed by atoms with Crippen LogP contribution in [0, 0.1) is 0 Å². The lowest BCUT2D eigenvalue weighted by molar-refractivity contribution is -0.0813. The fraction of sp³-hybridized carbons (Fsp3) is 1.00. The summed E-state index contributed by atoms with van der Waals surface area (Å²) in [5.41, 5.74) is 0. The van der Waals surface area contributed by atoms with E-state index in [2.05, 4.69) is 33.0 Å². The van der Waals surface area contributed by atoms with Gasteiger partial charge >= 0.3 is 0 Å². The lowest BCUT2D eigenvalue weighted by atomic mass is 10.3. The second kappa shape index (κ2) is 9.96. The predicted molar refractivity (Wildman–Crippen MR) is 58.1 cm³/mol. The Balaban J connectivity index is 0. The minimum Gasteiger partial charge on any atom is -0.314 e. The number of rotatable bonds is 4. The van der Waals surface area contributed by atoms with E-state index in [9.17, 15) is 0 Å². The first kappa shape index (κ1) is 15.4. The molecule has 0 radical (unpaired) electrons. The largest absolute Gasteiger partial charge is 0.314 e. The maximum absolute atomic E-state index is 8.50. The average molecular weight is 190 g/mol. The summed E-state index contributed by atoms with van der Waals surface area (Å²) in [5.74, 6) is 0. The van der Waals surface area contributed by atoms with Gasteiger partial charge in [-0.05, 0) is 0 Å². The van der Waals surface area contributed by atoms with Gasteiger partial charge in [-0.15, -0.1) is 0 Å². The van der Waals surface area contributed by atoms with E-state index in [0.29, 0.717) is 12.1 Å². The van der Waals surface area contributed by atoms with Crippen LogP contribution in [0.1, 0.15) is 41.5 Å². The third kappa shape index (κ3) is 18.7. The zero-order valence-electron chi connectivity index (χ0n) is 9.96. The van der Waals surface area contributed by atoms with Crippen LogP contribution in [0.4, 0.5) is 0 Å². The molecule has 0 atom stereocenters. The Kier molecular flexibility index (Phi) is 11.8. The molecule has 0 aromatic carbocycles. The molecule has 0 aromatic rings. The molecular weight excluding hydrogens is 164 g/mol. The molecule has 0 heterocycles. The molecule has 0 aliphatic heterocycles. The summed E-state index contributed by atoms with van der Waals surface area (Å²) in [6.07, 6.45) is 0. The quantitative estimate of drug-likeness (QED) is 0.666. The highest BCUT2D eigenvalue weighted by Gasteiger charge is 1.92. The van der Waals surface area contributed by atoms with Crippen molar-refractivity contribution >= 4 is 0 Å². The Hall–Kier alpha value is -0.120. The van der Waals surface area contributed by atoms with Crippen LogP contribution < -0.4 is 5.32 Å². The number of nitrogens with one attached hydrogen (secondary N) is 1. The molecule has 82 valence electrons. The zero-order chi connectivity index (χ0) is 10.9. The van der Waals surface area contributed by atoms with Crippen molar-refractivity contribution in [2.75, 3.05) is 13.1 Å². The summed E-state index contributed by atoms with van der Waals surface area (Å²) in [6.45, 7) is 13.9. The van der Waals surface area contributed by atoms with Crippen molar-refractivity contribution in [2.45, 2.75) is 53.6 Å². The molecule has 0 aromatic heterocycles. The van der Waals surface area contributed by atoms with Gasteiger partial charge in [0.15, 0.2) is 0 Å². The Bertz CT molecular complexity index is 84.9. The lowest BCUT2D eigenvalue weighted by Gasteiger charge is -2.10. The molecule has 0 unspecified atom stereocenters. The van der Waals surface area contributed by atoms with Gasteiger partial charge in [-0.25, -0.2) is 0 Å². The minimum absolute atomic E-state index is 0.625. The Morgan fingerprint density at radius 1 is 1.00 bits per heavy atom. The molecule has 0 bridgehead atoms. The number of hydroxylamine groups is 2. The second-order valence-electron chi connectivity index (χ2n) is 3.61. The molecule has 0 saturated heterocycles. The van der Waals surface area contributed by atoms with Gasteiger partial charge in [0.1, 0.15) is 0 Å². The summed E-state index contributed by atoms with van der Waals surface area (Å²) < 4.78 is 0. The van der Waals surface area contributed by atoms with Crippen LogP contribution in [0.5, 0.6) is 0 Å². The Morgan fingerprint density at radius 3 is 1.31 bits per heavy atom. The lowest BCUT2D eigenvalue weighted by Crippen LogP contribution is -2.29. The topological polar surface area (TPSA) is 35.5 Å². The highest BCUT2D eigenvalue weighted by Crippen LogP contribution is 1.80. The third-order valence-electron chi connectivity index (χ3n) is 1.40. The molecule has 0 fully saturated rings. The molecule has 0 aliphatic rings. The average Bonchev–Trinajstić information content (AvgIpc) is 2.01. The van der Waals surface area contributed by atoms with Gasteiger partial charge in [0.25, 0.3) is 0 Å². The number of hydrogen-bond acceptors (Lipinski definition) is 3. The van der Waals surface area contributed by atoms with Gasteiger partial charge in [-0.2, -0.15) is 5.06 Å². The van der Waals surface area contributed by atoms with Gasteiger partial charge in [0, 0.05) is 25.2 Å². The summed E-state index contributed by atoms with van der Waals surface area (Å²) >= 11 is 0. The molecule has 0 spiro atoms. The molecule has 3 nitrogen and oxygen atoms in total. The first-order valence-corrected chi connectivity index (χ1v) is 5.13. The summed E-state index contributed by atoms with van der Waals surface area (Å²) in [7, 11) is 0. The predicted octanol–water partition coefficient (Wildman–Crippen LogP) is 2.11. The van der Waals surface area contributed by atoms with Gasteiger partial charge in [-0.1, -0.05) is 41.5 Å². The first-order chi connectivity index (χ1) is 5.93. The van der Waals surface area contributed by atoms with Crippen LogP contribution in [-0.4, -0.2) is 35.4 Å². The monoisotopic (exact) mass is 190 g/mol. The maximum Gasteiger partial charge on any atom is 0.0209 e. The van der Waals surface area contributed by atoms with Crippen molar-refractivity contribution in [3.05, 3.63) is 0 Å². The fourth-order valence-electron chi connectivity index (χ4n) is 0.890. The van der Waals surface area contributed by atoms with E-state index in [1.165, 1.54) is 5.06 Å². The molecule has 0 amide bonds. The highest BCUT2D eigenvalue weighted by atomic mass is 16.5. The molecule has 0 rings (SSSR count). The van der Waals surface area contributed by atoms with E-state index in [0.717, 1.165) is 13.1 Å². The molecule has 0 aliphatic carbocycles. The van der Waals surface area contributed by atoms with Gasteiger partial charge in [-0.3, -0.25) is 0 Å². The van der Waals surface area contributed by atoms with Crippen LogP contribution in [0.2, 0.25) is 0 Å². The second-order valence-corrected chi connectivity index (χ2v) is 3.61. The molecule has 13 heavy (non-hydrogen) atoms. The standard InChI is InChI=1S/C6H15N.C4H11NO/c1-5(2)7-6(3)4;1-3-5(6)4-2/h5-7H,1-4H3;6H,3-4H2,1-2H3. The molecule has 0 saturated carbocycles. The molecule has 3 heteroatoms. The van der Waals surface area contributed by atoms with E-state index in [4.69, 9.17) is 5.21 Å². The van der Waals surface area contributed by atoms with Crippen LogP contribution in [0.3, 0.4) is 0 Å². The summed E-state index contributed by atoms with van der Waals surface area (Å²) in [4.78, 5) is 0. The van der Waals surface area contributed by atoms with Gasteiger partial charge < -0.3 is 10.5 Å². The molecule has 2 N–H and O–H groups in total. The van der Waals surface area contributed by atoms with Crippen molar-refractivity contribution < 1.29 is 5.21 Å². The normalized spacial score (nSPS) is 10.6. The van der Waals surface area contributed by atoms with Gasteiger partial charge in [0.05, 0.1) is 0 Å². The van der Waals surface area contributed by atoms with Crippen molar-refractivity contribution in [2.24, 2.45) is 0 Å².